The van der Waals surface area contributed by atoms with Gasteiger partial charge in [-0.15, -0.1) is 11.3 Å². The fraction of sp³-hybridized carbons (Fsp3) is 0.0192. The first-order chi connectivity index (χ1) is 27.2. The molecule has 2 heterocycles. The molecule has 0 bridgehead atoms. The van der Waals surface area contributed by atoms with Gasteiger partial charge in [0.25, 0.3) is 0 Å². The summed E-state index contributed by atoms with van der Waals surface area (Å²) in [5.74, 6) is 0.718. The number of nitrogens with zero attached hydrogens (tertiary/aromatic N) is 1. The fourth-order valence-corrected chi connectivity index (χ4v) is 9.43. The van der Waals surface area contributed by atoms with Gasteiger partial charge in [0.2, 0.25) is 5.89 Å². The van der Waals surface area contributed by atoms with Crippen molar-refractivity contribution in [3.05, 3.63) is 211 Å². The summed E-state index contributed by atoms with van der Waals surface area (Å²) in [5, 5.41) is 7.22. The summed E-state index contributed by atoms with van der Waals surface area (Å²) in [6.07, 6.45) is 0. The highest BCUT2D eigenvalue weighted by Gasteiger charge is 2.20. The third-order valence-corrected chi connectivity index (χ3v) is 12.2. The molecule has 3 heteroatoms. The number of hydrogen-bond donors (Lipinski definition) is 0. The molecule has 11 rings (SSSR count). The third-order valence-electron chi connectivity index (χ3n) is 11.0. The molecule has 2 aromatic heterocycles. The van der Waals surface area contributed by atoms with E-state index in [1.165, 1.54) is 64.5 Å². The first-order valence-corrected chi connectivity index (χ1v) is 19.5. The van der Waals surface area contributed by atoms with Crippen LogP contribution in [0, 0.1) is 0 Å². The van der Waals surface area contributed by atoms with Crippen molar-refractivity contribution in [1.29, 1.82) is 0 Å². The monoisotopic (exact) mass is 719 g/mol. The Balaban J connectivity index is 1.01. The highest BCUT2D eigenvalue weighted by atomic mass is 32.1. The van der Waals surface area contributed by atoms with E-state index in [-0.39, 0.29) is 5.92 Å². The lowest BCUT2D eigenvalue weighted by atomic mass is 9.83. The maximum Gasteiger partial charge on any atom is 0.227 e. The van der Waals surface area contributed by atoms with Crippen molar-refractivity contribution < 1.29 is 4.42 Å². The molecule has 0 amide bonds. The zero-order chi connectivity index (χ0) is 36.3. The SMILES string of the molecule is c1ccc(-c2ccc(C(c3ccc(-c4ccc5ccc6ccc7nc(-c8ccccc8)oc7c6c5c4)cc3)c3ccc4c(c3)sc3ccccc34)cc2)cc1. The van der Waals surface area contributed by atoms with Crippen LogP contribution in [-0.2, 0) is 0 Å². The molecular formula is C52H33NOS. The molecule has 1 atom stereocenters. The largest absolute Gasteiger partial charge is 0.435 e. The predicted molar refractivity (Wildman–Crippen MR) is 232 cm³/mol. The van der Waals surface area contributed by atoms with Crippen molar-refractivity contribution >= 4 is 64.2 Å². The molecule has 0 aliphatic rings. The number of hydrogen-bond acceptors (Lipinski definition) is 3. The Morgan fingerprint density at radius 2 is 0.964 bits per heavy atom. The summed E-state index contributed by atoms with van der Waals surface area (Å²) in [6.45, 7) is 0. The van der Waals surface area contributed by atoms with Gasteiger partial charge in [-0.3, -0.25) is 0 Å². The zero-order valence-corrected chi connectivity index (χ0v) is 30.6. The van der Waals surface area contributed by atoms with Crippen LogP contribution in [0.2, 0.25) is 0 Å². The summed E-state index contributed by atoms with van der Waals surface area (Å²) in [7, 11) is 0. The van der Waals surface area contributed by atoms with E-state index in [9.17, 15) is 0 Å². The van der Waals surface area contributed by atoms with Crippen LogP contribution in [0.1, 0.15) is 22.6 Å². The first kappa shape index (κ1) is 31.7. The van der Waals surface area contributed by atoms with Gasteiger partial charge in [0.1, 0.15) is 5.52 Å². The molecule has 0 fully saturated rings. The van der Waals surface area contributed by atoms with Gasteiger partial charge in [0, 0.05) is 37.0 Å². The highest BCUT2D eigenvalue weighted by Crippen LogP contribution is 2.41. The molecule has 0 saturated heterocycles. The Hall–Kier alpha value is -6.81. The number of aromatic nitrogens is 1. The zero-order valence-electron chi connectivity index (χ0n) is 29.8. The molecule has 55 heavy (non-hydrogen) atoms. The molecule has 11 aromatic rings. The van der Waals surface area contributed by atoms with Gasteiger partial charge >= 0.3 is 0 Å². The van der Waals surface area contributed by atoms with Gasteiger partial charge in [-0.25, -0.2) is 4.98 Å². The van der Waals surface area contributed by atoms with Crippen LogP contribution in [-0.4, -0.2) is 4.98 Å². The number of fused-ring (bicyclic) bond motifs is 8. The molecule has 0 aliphatic carbocycles. The number of rotatable bonds is 6. The van der Waals surface area contributed by atoms with Gasteiger partial charge in [0.05, 0.1) is 0 Å². The molecule has 9 aromatic carbocycles. The molecular weight excluding hydrogens is 687 g/mol. The Kier molecular flexibility index (Phi) is 7.46. The maximum atomic E-state index is 6.51. The number of benzene rings is 9. The Labute approximate surface area is 322 Å². The molecule has 0 N–H and O–H groups in total. The van der Waals surface area contributed by atoms with Crippen LogP contribution in [0.15, 0.2) is 199 Å². The standard InChI is InChI=1S/C52H33NOS/c1-3-9-33(10-4-1)34-15-21-37(22-16-34)49(42-27-29-44-43-13-7-8-14-47(43)55-48(44)32-42)38-23-17-35(18-24-38)41-26-20-36-19-25-39-28-30-46-51(50(39)45(36)31-41)54-52(53-46)40-11-5-2-6-12-40/h1-32,49H. The maximum absolute atomic E-state index is 6.51. The predicted octanol–water partition coefficient (Wildman–Crippen LogP) is 14.7. The van der Waals surface area contributed by atoms with Crippen LogP contribution < -0.4 is 0 Å². The van der Waals surface area contributed by atoms with Crippen LogP contribution >= 0.6 is 11.3 Å². The van der Waals surface area contributed by atoms with Crippen LogP contribution in [0.5, 0.6) is 0 Å². The minimum atomic E-state index is 0.0765. The third kappa shape index (κ3) is 5.51. The Morgan fingerprint density at radius 3 is 1.73 bits per heavy atom. The van der Waals surface area contributed by atoms with Crippen molar-refractivity contribution in [3.8, 4) is 33.7 Å². The van der Waals surface area contributed by atoms with E-state index in [2.05, 4.69) is 164 Å². The van der Waals surface area contributed by atoms with Crippen LogP contribution in [0.3, 0.4) is 0 Å². The van der Waals surface area contributed by atoms with E-state index in [1.54, 1.807) is 0 Å². The van der Waals surface area contributed by atoms with Gasteiger partial charge in [-0.2, -0.15) is 0 Å². The lowest BCUT2D eigenvalue weighted by Gasteiger charge is -2.20. The van der Waals surface area contributed by atoms with Gasteiger partial charge in [-0.05, 0) is 91.5 Å². The average Bonchev–Trinajstić information content (AvgIpc) is 3.86. The molecule has 2 nitrogen and oxygen atoms in total. The van der Waals surface area contributed by atoms with Crippen molar-refractivity contribution in [2.75, 3.05) is 0 Å². The minimum absolute atomic E-state index is 0.0765. The molecule has 0 saturated carbocycles. The van der Waals surface area contributed by atoms with E-state index in [4.69, 9.17) is 9.40 Å². The average molecular weight is 720 g/mol. The second kappa shape index (κ2) is 12.9. The van der Waals surface area contributed by atoms with E-state index in [0.29, 0.717) is 5.89 Å². The van der Waals surface area contributed by atoms with Crippen molar-refractivity contribution in [3.63, 3.8) is 0 Å². The second-order valence-corrected chi connectivity index (χ2v) is 15.4. The first-order valence-electron chi connectivity index (χ1n) is 18.7. The fourth-order valence-electron chi connectivity index (χ4n) is 8.27. The van der Waals surface area contributed by atoms with Crippen molar-refractivity contribution in [2.24, 2.45) is 0 Å². The Morgan fingerprint density at radius 1 is 0.400 bits per heavy atom. The lowest BCUT2D eigenvalue weighted by Crippen LogP contribution is -2.03. The van der Waals surface area contributed by atoms with Crippen molar-refractivity contribution in [2.45, 2.75) is 5.92 Å². The summed E-state index contributed by atoms with van der Waals surface area (Å²) in [6, 6.07) is 70.2. The summed E-state index contributed by atoms with van der Waals surface area (Å²) >= 11 is 1.87. The van der Waals surface area contributed by atoms with E-state index in [1.807, 2.05) is 41.7 Å². The number of oxazole rings is 1. The van der Waals surface area contributed by atoms with E-state index >= 15 is 0 Å². The van der Waals surface area contributed by atoms with Crippen LogP contribution in [0.4, 0.5) is 0 Å². The van der Waals surface area contributed by atoms with Gasteiger partial charge in [0.15, 0.2) is 5.58 Å². The van der Waals surface area contributed by atoms with Crippen LogP contribution in [0.25, 0.3) is 86.5 Å². The van der Waals surface area contributed by atoms with Gasteiger partial charge in [-0.1, -0.05) is 158 Å². The van der Waals surface area contributed by atoms with E-state index < -0.39 is 0 Å². The minimum Gasteiger partial charge on any atom is -0.435 e. The summed E-state index contributed by atoms with van der Waals surface area (Å²) in [5.41, 5.74) is 11.3. The second-order valence-electron chi connectivity index (χ2n) is 14.3. The molecule has 0 spiro atoms. The van der Waals surface area contributed by atoms with E-state index in [0.717, 1.165) is 32.8 Å². The summed E-state index contributed by atoms with van der Waals surface area (Å²) < 4.78 is 9.16. The van der Waals surface area contributed by atoms with Crippen molar-refractivity contribution in [1.82, 2.24) is 4.98 Å². The molecule has 258 valence electrons. The molecule has 1 unspecified atom stereocenters. The molecule has 0 aliphatic heterocycles. The highest BCUT2D eigenvalue weighted by molar-refractivity contribution is 7.25. The summed E-state index contributed by atoms with van der Waals surface area (Å²) in [4.78, 5) is 4.88. The smallest absolute Gasteiger partial charge is 0.227 e. The number of thiophene rings is 1. The lowest BCUT2D eigenvalue weighted by molar-refractivity contribution is 0.623. The topological polar surface area (TPSA) is 26.0 Å². The van der Waals surface area contributed by atoms with Gasteiger partial charge < -0.3 is 4.42 Å². The molecule has 0 radical (unpaired) electrons. The normalized spacial score (nSPS) is 12.3. The quantitative estimate of drug-likeness (QED) is 0.126. The Bertz CT molecular complexity index is 3180.